The van der Waals surface area contributed by atoms with Crippen LogP contribution in [0, 0.1) is 0 Å². The standard InChI is InChI=1S/C20H14F3N3O4/c1-28-16-7-3-2-6-13(16)15-9-17(20(21,22)23)26-18(25-15)14(10-24-26)19(27)30-11-12-5-4-8-29-12/h2-10H,11H2,1H3. The molecule has 0 aliphatic rings. The second-order valence-electron chi connectivity index (χ2n) is 6.17. The molecule has 0 spiro atoms. The van der Waals surface area contributed by atoms with Gasteiger partial charge in [0.2, 0.25) is 0 Å². The molecular weight excluding hydrogens is 403 g/mol. The Morgan fingerprint density at radius 2 is 2.00 bits per heavy atom. The molecule has 0 amide bonds. The lowest BCUT2D eigenvalue weighted by atomic mass is 10.1. The summed E-state index contributed by atoms with van der Waals surface area (Å²) in [7, 11) is 1.40. The third-order valence-electron chi connectivity index (χ3n) is 4.29. The van der Waals surface area contributed by atoms with Gasteiger partial charge in [-0.15, -0.1) is 0 Å². The number of fused-ring (bicyclic) bond motifs is 1. The van der Waals surface area contributed by atoms with E-state index in [2.05, 4.69) is 10.1 Å². The van der Waals surface area contributed by atoms with Crippen molar-refractivity contribution in [3.63, 3.8) is 0 Å². The summed E-state index contributed by atoms with van der Waals surface area (Å²) >= 11 is 0. The average Bonchev–Trinajstić information content (AvgIpc) is 3.40. The Bertz CT molecular complexity index is 1200. The van der Waals surface area contributed by atoms with Crippen LogP contribution in [0.25, 0.3) is 16.9 Å². The van der Waals surface area contributed by atoms with E-state index in [0.29, 0.717) is 21.6 Å². The fourth-order valence-corrected chi connectivity index (χ4v) is 2.91. The van der Waals surface area contributed by atoms with E-state index in [1.807, 2.05) is 0 Å². The van der Waals surface area contributed by atoms with Crippen LogP contribution in [0.2, 0.25) is 0 Å². The Hall–Kier alpha value is -3.82. The number of halogens is 3. The van der Waals surface area contributed by atoms with E-state index in [1.165, 1.54) is 13.4 Å². The van der Waals surface area contributed by atoms with Gasteiger partial charge >= 0.3 is 12.1 Å². The molecule has 10 heteroatoms. The van der Waals surface area contributed by atoms with Crippen LogP contribution >= 0.6 is 0 Å². The van der Waals surface area contributed by atoms with E-state index in [1.54, 1.807) is 36.4 Å². The predicted molar refractivity (Wildman–Crippen MR) is 97.8 cm³/mol. The van der Waals surface area contributed by atoms with Crippen molar-refractivity contribution in [3.05, 3.63) is 71.9 Å². The van der Waals surface area contributed by atoms with Gasteiger partial charge in [-0.3, -0.25) is 0 Å². The van der Waals surface area contributed by atoms with Gasteiger partial charge in [0.25, 0.3) is 0 Å². The lowest BCUT2D eigenvalue weighted by Gasteiger charge is -2.13. The quantitative estimate of drug-likeness (QED) is 0.449. The van der Waals surface area contributed by atoms with Gasteiger partial charge in [-0.05, 0) is 30.3 Å². The molecule has 1 aromatic carbocycles. The maximum absolute atomic E-state index is 13.7. The first-order valence-corrected chi connectivity index (χ1v) is 8.67. The predicted octanol–water partition coefficient (Wildman–Crippen LogP) is 4.37. The lowest BCUT2D eigenvalue weighted by molar-refractivity contribution is -0.142. The number of alkyl halides is 3. The van der Waals surface area contributed by atoms with Gasteiger partial charge in [0, 0.05) is 5.56 Å². The average molecular weight is 417 g/mol. The highest BCUT2D eigenvalue weighted by Crippen LogP contribution is 2.35. The number of rotatable bonds is 5. The summed E-state index contributed by atoms with van der Waals surface area (Å²) in [5.74, 6) is -0.151. The smallest absolute Gasteiger partial charge is 0.433 e. The van der Waals surface area contributed by atoms with Crippen molar-refractivity contribution in [2.45, 2.75) is 12.8 Å². The molecule has 0 fully saturated rings. The van der Waals surface area contributed by atoms with Crippen molar-refractivity contribution < 1.29 is 31.9 Å². The molecular formula is C20H14F3N3O4. The third kappa shape index (κ3) is 3.59. The van der Waals surface area contributed by atoms with Crippen molar-refractivity contribution in [1.82, 2.24) is 14.6 Å². The first kappa shape index (κ1) is 19.5. The molecule has 0 unspecified atom stereocenters. The minimum Gasteiger partial charge on any atom is -0.496 e. The number of methoxy groups -OCH3 is 1. The monoisotopic (exact) mass is 417 g/mol. The topological polar surface area (TPSA) is 78.9 Å². The van der Waals surface area contributed by atoms with Crippen LogP contribution in [0.15, 0.2) is 59.3 Å². The molecule has 0 aliphatic heterocycles. The number of aromatic nitrogens is 3. The molecule has 3 aromatic heterocycles. The number of ether oxygens (including phenoxy) is 2. The highest BCUT2D eigenvalue weighted by Gasteiger charge is 2.36. The van der Waals surface area contributed by atoms with Gasteiger partial charge < -0.3 is 13.9 Å². The number of benzene rings is 1. The fraction of sp³-hybridized carbons (Fsp3) is 0.150. The lowest BCUT2D eigenvalue weighted by Crippen LogP contribution is -2.14. The van der Waals surface area contributed by atoms with E-state index >= 15 is 0 Å². The van der Waals surface area contributed by atoms with Crippen LogP contribution in [0.5, 0.6) is 5.75 Å². The SMILES string of the molecule is COc1ccccc1-c1cc(C(F)(F)F)n2ncc(C(=O)OCc3ccco3)c2n1. The van der Waals surface area contributed by atoms with E-state index in [0.717, 1.165) is 12.3 Å². The largest absolute Gasteiger partial charge is 0.496 e. The van der Waals surface area contributed by atoms with Gasteiger partial charge in [0.15, 0.2) is 11.3 Å². The van der Waals surface area contributed by atoms with Crippen LogP contribution in [-0.2, 0) is 17.5 Å². The Labute approximate surface area is 167 Å². The summed E-state index contributed by atoms with van der Waals surface area (Å²) in [5, 5.41) is 3.71. The maximum Gasteiger partial charge on any atom is 0.433 e. The van der Waals surface area contributed by atoms with Gasteiger partial charge in [-0.25, -0.2) is 14.3 Å². The van der Waals surface area contributed by atoms with Crippen molar-refractivity contribution in [1.29, 1.82) is 0 Å². The molecule has 0 N–H and O–H groups in total. The first-order valence-electron chi connectivity index (χ1n) is 8.67. The van der Waals surface area contributed by atoms with Crippen molar-refractivity contribution in [2.75, 3.05) is 7.11 Å². The Kier molecular flexibility index (Phi) is 4.90. The molecule has 154 valence electrons. The van der Waals surface area contributed by atoms with Crippen LogP contribution in [0.1, 0.15) is 21.8 Å². The second kappa shape index (κ2) is 7.54. The van der Waals surface area contributed by atoms with Gasteiger partial charge in [0.1, 0.15) is 23.7 Å². The zero-order chi connectivity index (χ0) is 21.3. The van der Waals surface area contributed by atoms with E-state index in [4.69, 9.17) is 13.9 Å². The minimum atomic E-state index is -4.74. The molecule has 4 aromatic rings. The summed E-state index contributed by atoms with van der Waals surface area (Å²) in [4.78, 5) is 16.7. The molecule has 7 nitrogen and oxygen atoms in total. The Morgan fingerprint density at radius 3 is 2.70 bits per heavy atom. The fourth-order valence-electron chi connectivity index (χ4n) is 2.91. The number of nitrogens with zero attached hydrogens (tertiary/aromatic N) is 3. The molecule has 0 saturated heterocycles. The molecule has 0 bridgehead atoms. The van der Waals surface area contributed by atoms with Gasteiger partial charge in [-0.2, -0.15) is 18.3 Å². The number of hydrogen-bond donors (Lipinski definition) is 0. The zero-order valence-corrected chi connectivity index (χ0v) is 15.5. The number of hydrogen-bond acceptors (Lipinski definition) is 6. The molecule has 0 aliphatic carbocycles. The normalized spacial score (nSPS) is 11.6. The minimum absolute atomic E-state index is 0.0205. The summed E-state index contributed by atoms with van der Waals surface area (Å²) in [6, 6.07) is 10.6. The van der Waals surface area contributed by atoms with Crippen LogP contribution in [0.4, 0.5) is 13.2 Å². The van der Waals surface area contributed by atoms with E-state index in [9.17, 15) is 18.0 Å². The van der Waals surface area contributed by atoms with Crippen molar-refractivity contribution in [2.24, 2.45) is 0 Å². The van der Waals surface area contributed by atoms with Crippen molar-refractivity contribution in [3.8, 4) is 17.0 Å². The summed E-state index contributed by atoms with van der Waals surface area (Å²) in [6.07, 6.45) is -2.33. The molecule has 0 radical (unpaired) electrons. The van der Waals surface area contributed by atoms with Crippen LogP contribution < -0.4 is 4.74 Å². The molecule has 0 saturated carbocycles. The summed E-state index contributed by atoms with van der Waals surface area (Å²) in [6.45, 7) is -0.179. The molecule has 4 rings (SSSR count). The van der Waals surface area contributed by atoms with Gasteiger partial charge in [-0.1, -0.05) is 12.1 Å². The van der Waals surface area contributed by atoms with E-state index < -0.39 is 17.8 Å². The Morgan fingerprint density at radius 1 is 1.20 bits per heavy atom. The summed E-state index contributed by atoms with van der Waals surface area (Å²) in [5.41, 5.74) is -1.26. The number of carbonyl (C=O) groups is 1. The summed E-state index contributed by atoms with van der Waals surface area (Å²) < 4.78 is 57.1. The van der Waals surface area contributed by atoms with Gasteiger partial charge in [0.05, 0.1) is 25.3 Å². The van der Waals surface area contributed by atoms with E-state index in [-0.39, 0.29) is 23.5 Å². The first-order chi connectivity index (χ1) is 14.4. The highest BCUT2D eigenvalue weighted by atomic mass is 19.4. The number of esters is 1. The van der Waals surface area contributed by atoms with Crippen molar-refractivity contribution >= 4 is 11.6 Å². The Balaban J connectivity index is 1.82. The molecule has 0 atom stereocenters. The number of furan rings is 1. The third-order valence-corrected chi connectivity index (χ3v) is 4.29. The van der Waals surface area contributed by atoms with Crippen LogP contribution in [0.3, 0.4) is 0 Å². The number of para-hydroxylation sites is 1. The molecule has 30 heavy (non-hydrogen) atoms. The maximum atomic E-state index is 13.7. The number of carbonyl (C=O) groups excluding carboxylic acids is 1. The molecule has 3 heterocycles. The zero-order valence-electron chi connectivity index (χ0n) is 15.5. The highest BCUT2D eigenvalue weighted by molar-refractivity contribution is 5.96. The van der Waals surface area contributed by atoms with Crippen LogP contribution in [-0.4, -0.2) is 27.7 Å². The second-order valence-corrected chi connectivity index (χ2v) is 6.17.